The van der Waals surface area contributed by atoms with Crippen LogP contribution in [0.5, 0.6) is 5.75 Å². The number of benzene rings is 3. The molecule has 10 heteroatoms. The molecule has 5 aromatic rings. The Morgan fingerprint density at radius 3 is 2.69 bits per heavy atom. The maximum absolute atomic E-state index is 13.8. The lowest BCUT2D eigenvalue weighted by Crippen LogP contribution is -2.13. The molecule has 0 bridgehead atoms. The largest absolute Gasteiger partial charge is 0.495 e. The van der Waals surface area contributed by atoms with E-state index in [0.29, 0.717) is 56.0 Å². The van der Waals surface area contributed by atoms with Crippen molar-refractivity contribution in [1.29, 1.82) is 5.26 Å². The monoisotopic (exact) mass is 539 g/mol. The highest BCUT2D eigenvalue weighted by Gasteiger charge is 2.27. The molecule has 194 valence electrons. The van der Waals surface area contributed by atoms with E-state index in [2.05, 4.69) is 32.0 Å². The van der Waals surface area contributed by atoms with Crippen LogP contribution in [0.3, 0.4) is 0 Å². The standard InChI is InChI=1S/C29H23ClFN7O/c1-39-26-5-3-2-4-24(26)35-27-18(14-32)15-33-29-22(27)12-20(13-23(29)30)34-28(17-6-8-19(31)9-7-17)25-16-38(37-36-25)21-10-11-21/h2-9,12-13,15-16,21,28,34H,10-11H2,1H3,(H,33,35). The van der Waals surface area contributed by atoms with Gasteiger partial charge >= 0.3 is 0 Å². The number of halogens is 2. The minimum absolute atomic E-state index is 0.324. The second kappa shape index (κ2) is 10.2. The van der Waals surface area contributed by atoms with Crippen LogP contribution in [0.4, 0.5) is 21.5 Å². The van der Waals surface area contributed by atoms with Crippen molar-refractivity contribution in [1.82, 2.24) is 20.0 Å². The fourth-order valence-corrected chi connectivity index (χ4v) is 4.80. The molecule has 1 atom stereocenters. The van der Waals surface area contributed by atoms with Crippen LogP contribution in [0.1, 0.15) is 41.7 Å². The van der Waals surface area contributed by atoms with Gasteiger partial charge in [-0.1, -0.05) is 41.1 Å². The second-order valence-corrected chi connectivity index (χ2v) is 9.73. The molecule has 1 unspecified atom stereocenters. The van der Waals surface area contributed by atoms with Crippen molar-refractivity contribution in [3.05, 3.63) is 101 Å². The number of fused-ring (bicyclic) bond motifs is 1. The number of anilines is 3. The molecule has 0 radical (unpaired) electrons. The van der Waals surface area contributed by atoms with Gasteiger partial charge in [0.1, 0.15) is 23.3 Å². The van der Waals surface area contributed by atoms with Crippen molar-refractivity contribution < 1.29 is 9.13 Å². The first-order chi connectivity index (χ1) is 19.0. The predicted molar refractivity (Wildman–Crippen MR) is 148 cm³/mol. The van der Waals surface area contributed by atoms with Crippen LogP contribution in [-0.2, 0) is 0 Å². The highest BCUT2D eigenvalue weighted by Crippen LogP contribution is 2.39. The molecular weight excluding hydrogens is 517 g/mol. The number of hydrogen-bond donors (Lipinski definition) is 2. The number of nitrogens with one attached hydrogen (secondary N) is 2. The lowest BCUT2D eigenvalue weighted by atomic mass is 10.0. The van der Waals surface area contributed by atoms with Gasteiger partial charge in [0.15, 0.2) is 0 Å². The van der Waals surface area contributed by atoms with Crippen molar-refractivity contribution in [2.75, 3.05) is 17.7 Å². The van der Waals surface area contributed by atoms with Gasteiger partial charge in [-0.05, 0) is 54.8 Å². The number of nitriles is 1. The van der Waals surface area contributed by atoms with Crippen molar-refractivity contribution in [2.45, 2.75) is 24.9 Å². The zero-order chi connectivity index (χ0) is 26.9. The minimum atomic E-state index is -0.427. The summed E-state index contributed by atoms with van der Waals surface area (Å²) in [4.78, 5) is 4.45. The van der Waals surface area contributed by atoms with E-state index < -0.39 is 6.04 Å². The van der Waals surface area contributed by atoms with Gasteiger partial charge in [0.2, 0.25) is 0 Å². The molecule has 1 aliphatic rings. The number of aromatic nitrogens is 4. The van der Waals surface area contributed by atoms with Gasteiger partial charge in [0.25, 0.3) is 0 Å². The fraction of sp³-hybridized carbons (Fsp3) is 0.172. The maximum atomic E-state index is 13.8. The number of pyridine rings is 1. The van der Waals surface area contributed by atoms with Gasteiger partial charge < -0.3 is 15.4 Å². The Morgan fingerprint density at radius 2 is 1.95 bits per heavy atom. The Bertz CT molecular complexity index is 1710. The summed E-state index contributed by atoms with van der Waals surface area (Å²) >= 11 is 6.72. The smallest absolute Gasteiger partial charge is 0.142 e. The first kappa shape index (κ1) is 24.6. The highest BCUT2D eigenvalue weighted by molar-refractivity contribution is 6.36. The molecule has 0 spiro atoms. The lowest BCUT2D eigenvalue weighted by molar-refractivity contribution is 0.417. The van der Waals surface area contributed by atoms with E-state index in [1.165, 1.54) is 18.3 Å². The normalized spacial score (nSPS) is 13.6. The van der Waals surface area contributed by atoms with Crippen LogP contribution in [-0.4, -0.2) is 27.1 Å². The molecule has 8 nitrogen and oxygen atoms in total. The molecule has 39 heavy (non-hydrogen) atoms. The van der Waals surface area contributed by atoms with Crippen LogP contribution in [0.15, 0.2) is 73.1 Å². The zero-order valence-electron chi connectivity index (χ0n) is 20.9. The van der Waals surface area contributed by atoms with Crippen LogP contribution in [0.25, 0.3) is 10.9 Å². The van der Waals surface area contributed by atoms with Gasteiger partial charge in [-0.15, -0.1) is 5.10 Å². The SMILES string of the molecule is COc1ccccc1Nc1c(C#N)cnc2c(Cl)cc(NC(c3ccc(F)cc3)c3cn(C4CC4)nn3)cc12. The summed E-state index contributed by atoms with van der Waals surface area (Å²) in [6.07, 6.45) is 5.57. The summed E-state index contributed by atoms with van der Waals surface area (Å²) in [5, 5.41) is 26.5. The Hall–Kier alpha value is -4.68. The number of methoxy groups -OCH3 is 1. The van der Waals surface area contributed by atoms with Crippen LogP contribution < -0.4 is 15.4 Å². The number of para-hydroxylation sites is 2. The molecule has 1 saturated carbocycles. The van der Waals surface area contributed by atoms with E-state index in [-0.39, 0.29) is 5.82 Å². The van der Waals surface area contributed by atoms with E-state index in [0.717, 1.165) is 18.4 Å². The molecule has 0 amide bonds. The van der Waals surface area contributed by atoms with Crippen LogP contribution in [0, 0.1) is 17.1 Å². The van der Waals surface area contributed by atoms with Crippen LogP contribution >= 0.6 is 11.6 Å². The number of hydrogen-bond acceptors (Lipinski definition) is 7. The lowest BCUT2D eigenvalue weighted by Gasteiger charge is -2.20. The summed E-state index contributed by atoms with van der Waals surface area (Å²) < 4.78 is 21.1. The van der Waals surface area contributed by atoms with E-state index in [9.17, 15) is 9.65 Å². The van der Waals surface area contributed by atoms with E-state index in [1.54, 1.807) is 25.3 Å². The summed E-state index contributed by atoms with van der Waals surface area (Å²) in [6, 6.07) is 19.5. The summed E-state index contributed by atoms with van der Waals surface area (Å²) in [6.45, 7) is 0. The average molecular weight is 540 g/mol. The van der Waals surface area contributed by atoms with Crippen molar-refractivity contribution in [3.8, 4) is 11.8 Å². The molecule has 1 fully saturated rings. The van der Waals surface area contributed by atoms with Crippen molar-refractivity contribution in [3.63, 3.8) is 0 Å². The number of rotatable bonds is 8. The Labute approximate surface area is 229 Å². The van der Waals surface area contributed by atoms with Crippen molar-refractivity contribution >= 4 is 39.6 Å². The molecular formula is C29H23ClFN7O. The molecule has 2 aromatic heterocycles. The fourth-order valence-electron chi connectivity index (χ4n) is 4.54. The van der Waals surface area contributed by atoms with Crippen LogP contribution in [0.2, 0.25) is 5.02 Å². The van der Waals surface area contributed by atoms with E-state index >= 15 is 0 Å². The number of ether oxygens (including phenoxy) is 1. The Balaban J connectivity index is 1.44. The second-order valence-electron chi connectivity index (χ2n) is 9.32. The third-order valence-electron chi connectivity index (χ3n) is 6.67. The highest BCUT2D eigenvalue weighted by atomic mass is 35.5. The Morgan fingerprint density at radius 1 is 1.15 bits per heavy atom. The molecule has 2 heterocycles. The topological polar surface area (TPSA) is 101 Å². The predicted octanol–water partition coefficient (Wildman–Crippen LogP) is 6.78. The zero-order valence-corrected chi connectivity index (χ0v) is 21.7. The van der Waals surface area contributed by atoms with Crippen molar-refractivity contribution in [2.24, 2.45) is 0 Å². The molecule has 0 aliphatic heterocycles. The van der Waals surface area contributed by atoms with Gasteiger partial charge in [-0.2, -0.15) is 5.26 Å². The molecule has 2 N–H and O–H groups in total. The number of nitrogens with zero attached hydrogens (tertiary/aromatic N) is 5. The molecule has 6 rings (SSSR count). The minimum Gasteiger partial charge on any atom is -0.495 e. The summed E-state index contributed by atoms with van der Waals surface area (Å²) in [7, 11) is 1.59. The van der Waals surface area contributed by atoms with Gasteiger partial charge in [-0.3, -0.25) is 4.98 Å². The third kappa shape index (κ3) is 4.94. The maximum Gasteiger partial charge on any atom is 0.142 e. The van der Waals surface area contributed by atoms with Gasteiger partial charge in [0.05, 0.1) is 52.9 Å². The van der Waals surface area contributed by atoms with E-state index in [4.69, 9.17) is 16.3 Å². The van der Waals surface area contributed by atoms with Gasteiger partial charge in [-0.25, -0.2) is 9.07 Å². The molecule has 3 aromatic carbocycles. The summed E-state index contributed by atoms with van der Waals surface area (Å²) in [5.74, 6) is 0.303. The third-order valence-corrected chi connectivity index (χ3v) is 6.96. The molecule has 0 saturated heterocycles. The van der Waals surface area contributed by atoms with E-state index in [1.807, 2.05) is 41.2 Å². The summed E-state index contributed by atoms with van der Waals surface area (Å²) in [5.41, 5.74) is 4.31. The Kier molecular flexibility index (Phi) is 6.47. The first-order valence-electron chi connectivity index (χ1n) is 12.4. The van der Waals surface area contributed by atoms with Gasteiger partial charge in [0, 0.05) is 17.3 Å². The average Bonchev–Trinajstić information content (AvgIpc) is 3.69. The quantitative estimate of drug-likeness (QED) is 0.224. The molecule has 1 aliphatic carbocycles. The first-order valence-corrected chi connectivity index (χ1v) is 12.8.